The zero-order valence-corrected chi connectivity index (χ0v) is 11.8. The Balaban J connectivity index is 2.04. The molecule has 0 aliphatic rings. The maximum Gasteiger partial charge on any atom is 0.258 e. The summed E-state index contributed by atoms with van der Waals surface area (Å²) >= 11 is 0. The maximum absolute atomic E-state index is 12.5. The van der Waals surface area contributed by atoms with Crippen molar-refractivity contribution in [3.63, 3.8) is 0 Å². The van der Waals surface area contributed by atoms with Gasteiger partial charge in [0.15, 0.2) is 0 Å². The number of hydrogen-bond acceptors (Lipinski definition) is 1. The first kappa shape index (κ1) is 13.2. The average molecular weight is 273 g/mol. The summed E-state index contributed by atoms with van der Waals surface area (Å²) in [6.45, 7) is 2.63. The van der Waals surface area contributed by atoms with Crippen LogP contribution < -0.4 is 5.56 Å². The number of rotatable bonds is 2. The van der Waals surface area contributed by atoms with E-state index in [0.29, 0.717) is 11.9 Å². The molecule has 2 aromatic carbocycles. The quantitative estimate of drug-likeness (QED) is 0.656. The molecule has 2 heteroatoms. The van der Waals surface area contributed by atoms with Crippen molar-refractivity contribution in [3.05, 3.63) is 81.8 Å². The second-order valence-corrected chi connectivity index (χ2v) is 5.18. The minimum Gasteiger partial charge on any atom is -0.311 e. The average Bonchev–Trinajstić information content (AvgIpc) is 2.52. The van der Waals surface area contributed by atoms with Crippen LogP contribution in [0.25, 0.3) is 10.8 Å². The molecule has 3 aromatic rings. The Morgan fingerprint density at radius 3 is 2.57 bits per heavy atom. The van der Waals surface area contributed by atoms with Crippen molar-refractivity contribution >= 4 is 10.8 Å². The van der Waals surface area contributed by atoms with Gasteiger partial charge in [-0.1, -0.05) is 35.7 Å². The second kappa shape index (κ2) is 5.30. The molecule has 0 saturated heterocycles. The molecule has 3 rings (SSSR count). The van der Waals surface area contributed by atoms with Gasteiger partial charge in [-0.3, -0.25) is 4.79 Å². The monoisotopic (exact) mass is 273 g/mol. The van der Waals surface area contributed by atoms with Gasteiger partial charge in [-0.15, -0.1) is 6.42 Å². The van der Waals surface area contributed by atoms with Crippen LogP contribution in [0.15, 0.2) is 59.5 Å². The molecule has 0 atom stereocenters. The first-order chi connectivity index (χ1) is 10.2. The van der Waals surface area contributed by atoms with Crippen molar-refractivity contribution in [2.45, 2.75) is 13.5 Å². The van der Waals surface area contributed by atoms with E-state index in [-0.39, 0.29) is 5.56 Å². The van der Waals surface area contributed by atoms with Gasteiger partial charge in [0.05, 0.1) is 6.54 Å². The minimum atomic E-state index is 0.0108. The van der Waals surface area contributed by atoms with E-state index in [1.165, 1.54) is 5.56 Å². The van der Waals surface area contributed by atoms with E-state index in [2.05, 4.69) is 25.0 Å². The molecular weight excluding hydrogens is 258 g/mol. The van der Waals surface area contributed by atoms with Gasteiger partial charge < -0.3 is 4.57 Å². The lowest BCUT2D eigenvalue weighted by atomic mass is 10.1. The van der Waals surface area contributed by atoms with Gasteiger partial charge in [0.2, 0.25) is 0 Å². The fraction of sp³-hybridized carbons (Fsp3) is 0.105. The summed E-state index contributed by atoms with van der Waals surface area (Å²) in [5, 5.41) is 1.58. The Bertz CT molecular complexity index is 895. The van der Waals surface area contributed by atoms with Crippen LogP contribution in [0.1, 0.15) is 16.7 Å². The fourth-order valence-corrected chi connectivity index (χ4v) is 2.39. The Morgan fingerprint density at radius 2 is 1.86 bits per heavy atom. The SMILES string of the molecule is C#Cc1ccc2c(=O)n(Cc3ccc(C)cc3)ccc2c1. The largest absolute Gasteiger partial charge is 0.311 e. The van der Waals surface area contributed by atoms with Gasteiger partial charge >= 0.3 is 0 Å². The Kier molecular flexibility index (Phi) is 3.33. The molecule has 0 N–H and O–H groups in total. The van der Waals surface area contributed by atoms with E-state index < -0.39 is 0 Å². The Hall–Kier alpha value is -2.79. The van der Waals surface area contributed by atoms with Gasteiger partial charge in [0.1, 0.15) is 0 Å². The van der Waals surface area contributed by atoms with Crippen molar-refractivity contribution in [2.24, 2.45) is 0 Å². The molecule has 1 heterocycles. The van der Waals surface area contributed by atoms with Crippen LogP contribution >= 0.6 is 0 Å². The predicted molar refractivity (Wildman–Crippen MR) is 86.4 cm³/mol. The highest BCUT2D eigenvalue weighted by molar-refractivity contribution is 5.82. The van der Waals surface area contributed by atoms with Gasteiger partial charge in [-0.05, 0) is 42.1 Å². The summed E-state index contributed by atoms with van der Waals surface area (Å²) in [5.74, 6) is 2.59. The number of pyridine rings is 1. The van der Waals surface area contributed by atoms with Crippen LogP contribution in [0.5, 0.6) is 0 Å². The molecule has 0 aliphatic carbocycles. The Labute approximate surface area is 123 Å². The lowest BCUT2D eigenvalue weighted by Gasteiger charge is -2.08. The molecule has 0 bridgehead atoms. The molecule has 21 heavy (non-hydrogen) atoms. The third-order valence-corrected chi connectivity index (χ3v) is 3.62. The van der Waals surface area contributed by atoms with E-state index >= 15 is 0 Å². The molecule has 0 aliphatic heterocycles. The van der Waals surface area contributed by atoms with Crippen LogP contribution in [0, 0.1) is 19.3 Å². The van der Waals surface area contributed by atoms with Crippen molar-refractivity contribution in [1.82, 2.24) is 4.57 Å². The molecular formula is C19H15NO. The summed E-state index contributed by atoms with van der Waals surface area (Å²) in [4.78, 5) is 12.5. The predicted octanol–water partition coefficient (Wildman–Crippen LogP) is 3.34. The number of hydrogen-bond donors (Lipinski definition) is 0. The van der Waals surface area contributed by atoms with Crippen LogP contribution in [0.3, 0.4) is 0 Å². The van der Waals surface area contributed by atoms with E-state index in [9.17, 15) is 4.79 Å². The van der Waals surface area contributed by atoms with E-state index in [1.807, 2.05) is 30.5 Å². The summed E-state index contributed by atoms with van der Waals surface area (Å²) in [6.07, 6.45) is 7.21. The van der Waals surface area contributed by atoms with Crippen LogP contribution in [0.4, 0.5) is 0 Å². The molecule has 1 aromatic heterocycles. The standard InChI is InChI=1S/C19H15NO/c1-3-15-8-9-18-17(12-15)10-11-20(19(18)21)13-16-6-4-14(2)5-7-16/h1,4-12H,13H2,2H3. The highest BCUT2D eigenvalue weighted by Gasteiger charge is 2.04. The fourth-order valence-electron chi connectivity index (χ4n) is 2.39. The molecule has 0 fully saturated rings. The molecule has 0 saturated carbocycles. The Morgan fingerprint density at radius 1 is 1.10 bits per heavy atom. The summed E-state index contributed by atoms with van der Waals surface area (Å²) in [6, 6.07) is 15.6. The first-order valence-electron chi connectivity index (χ1n) is 6.83. The summed E-state index contributed by atoms with van der Waals surface area (Å²) < 4.78 is 1.72. The number of aromatic nitrogens is 1. The number of fused-ring (bicyclic) bond motifs is 1. The zero-order valence-electron chi connectivity index (χ0n) is 11.8. The van der Waals surface area contributed by atoms with Crippen molar-refractivity contribution in [3.8, 4) is 12.3 Å². The minimum absolute atomic E-state index is 0.0108. The van der Waals surface area contributed by atoms with Crippen LogP contribution in [-0.2, 0) is 6.54 Å². The lowest BCUT2D eigenvalue weighted by Crippen LogP contribution is -2.20. The molecule has 0 amide bonds. The third-order valence-electron chi connectivity index (χ3n) is 3.62. The molecule has 0 unspecified atom stereocenters. The second-order valence-electron chi connectivity index (χ2n) is 5.18. The van der Waals surface area contributed by atoms with E-state index in [1.54, 1.807) is 16.7 Å². The van der Waals surface area contributed by atoms with Gasteiger partial charge in [0.25, 0.3) is 5.56 Å². The number of benzene rings is 2. The molecule has 102 valence electrons. The van der Waals surface area contributed by atoms with Crippen molar-refractivity contribution in [1.29, 1.82) is 0 Å². The normalized spacial score (nSPS) is 10.5. The first-order valence-corrected chi connectivity index (χ1v) is 6.83. The third kappa shape index (κ3) is 2.59. The highest BCUT2D eigenvalue weighted by Crippen LogP contribution is 2.12. The smallest absolute Gasteiger partial charge is 0.258 e. The van der Waals surface area contributed by atoms with Crippen LogP contribution in [0.2, 0.25) is 0 Å². The number of nitrogens with zero attached hydrogens (tertiary/aromatic N) is 1. The van der Waals surface area contributed by atoms with E-state index in [4.69, 9.17) is 6.42 Å². The summed E-state index contributed by atoms with van der Waals surface area (Å²) in [7, 11) is 0. The van der Waals surface area contributed by atoms with Crippen molar-refractivity contribution < 1.29 is 0 Å². The maximum atomic E-state index is 12.5. The van der Waals surface area contributed by atoms with Crippen molar-refractivity contribution in [2.75, 3.05) is 0 Å². The van der Waals surface area contributed by atoms with Gasteiger partial charge in [-0.2, -0.15) is 0 Å². The van der Waals surface area contributed by atoms with Gasteiger partial charge in [0, 0.05) is 17.1 Å². The zero-order chi connectivity index (χ0) is 14.8. The van der Waals surface area contributed by atoms with Gasteiger partial charge in [-0.25, -0.2) is 0 Å². The summed E-state index contributed by atoms with van der Waals surface area (Å²) in [5.41, 5.74) is 3.13. The number of terminal acetylenes is 1. The lowest BCUT2D eigenvalue weighted by molar-refractivity contribution is 0.768. The van der Waals surface area contributed by atoms with E-state index in [0.717, 1.165) is 16.5 Å². The topological polar surface area (TPSA) is 22.0 Å². The molecule has 0 radical (unpaired) electrons. The molecule has 2 nitrogen and oxygen atoms in total. The highest BCUT2D eigenvalue weighted by atomic mass is 16.1. The number of aryl methyl sites for hydroxylation is 1. The molecule has 0 spiro atoms. The van der Waals surface area contributed by atoms with Crippen LogP contribution in [-0.4, -0.2) is 4.57 Å².